The Bertz CT molecular complexity index is 587. The maximum absolute atomic E-state index is 12.0. The zero-order chi connectivity index (χ0) is 13.1. The molecule has 0 radical (unpaired) electrons. The van der Waals surface area contributed by atoms with Crippen LogP contribution in [0.25, 0.3) is 0 Å². The Labute approximate surface area is 109 Å². The largest absolute Gasteiger partial charge is 0.294 e. The number of rotatable bonds is 4. The van der Waals surface area contributed by atoms with Gasteiger partial charge in [-0.15, -0.1) is 11.3 Å². The highest BCUT2D eigenvalue weighted by Gasteiger charge is 2.16. The fraction of sp³-hybridized carbons (Fsp3) is 0.214. The summed E-state index contributed by atoms with van der Waals surface area (Å²) in [5.41, 5.74) is 1.14. The Morgan fingerprint density at radius 1 is 1.28 bits per heavy atom. The van der Waals surface area contributed by atoms with Crippen molar-refractivity contribution in [2.24, 2.45) is 0 Å². The number of aryl methyl sites for hydroxylation is 2. The van der Waals surface area contributed by atoms with E-state index in [1.165, 1.54) is 6.20 Å². The first kappa shape index (κ1) is 12.6. The van der Waals surface area contributed by atoms with Crippen LogP contribution in [0.4, 0.5) is 0 Å². The van der Waals surface area contributed by atoms with Crippen LogP contribution in [0.1, 0.15) is 36.9 Å². The minimum absolute atomic E-state index is 0.0945. The first-order chi connectivity index (χ1) is 8.58. The van der Waals surface area contributed by atoms with Crippen molar-refractivity contribution in [3.63, 3.8) is 0 Å². The molecule has 0 amide bonds. The van der Waals surface area contributed by atoms with Gasteiger partial charge in [-0.3, -0.25) is 14.6 Å². The van der Waals surface area contributed by atoms with Gasteiger partial charge in [-0.25, -0.2) is 0 Å². The number of carbonyl (C=O) groups excluding carboxylic acids is 2. The highest BCUT2D eigenvalue weighted by molar-refractivity contribution is 7.12. The van der Waals surface area contributed by atoms with Crippen LogP contribution in [0.15, 0.2) is 30.6 Å². The number of thiophene rings is 1. The van der Waals surface area contributed by atoms with Crippen LogP contribution >= 0.6 is 11.3 Å². The standard InChI is InChI=1S/C14H13NO2S/c1-9-6-12(10(2)18-9)14(17)7-13(16)11-4-3-5-15-8-11/h3-6,8H,7H2,1-2H3. The van der Waals surface area contributed by atoms with Crippen LogP contribution in [0.5, 0.6) is 0 Å². The van der Waals surface area contributed by atoms with Crippen LogP contribution in [0, 0.1) is 13.8 Å². The fourth-order valence-corrected chi connectivity index (χ4v) is 2.72. The number of ketones is 2. The molecule has 0 aliphatic heterocycles. The van der Waals surface area contributed by atoms with Crippen molar-refractivity contribution >= 4 is 22.9 Å². The van der Waals surface area contributed by atoms with E-state index in [0.29, 0.717) is 11.1 Å². The highest BCUT2D eigenvalue weighted by atomic mass is 32.1. The SMILES string of the molecule is Cc1cc(C(=O)CC(=O)c2cccnc2)c(C)s1. The number of nitrogens with zero attached hydrogens (tertiary/aromatic N) is 1. The van der Waals surface area contributed by atoms with E-state index in [9.17, 15) is 9.59 Å². The van der Waals surface area contributed by atoms with Gasteiger partial charge >= 0.3 is 0 Å². The molecular weight excluding hydrogens is 246 g/mol. The van der Waals surface area contributed by atoms with Crippen LogP contribution in [0.2, 0.25) is 0 Å². The molecule has 0 saturated carbocycles. The molecule has 4 heteroatoms. The van der Waals surface area contributed by atoms with Crippen LogP contribution in [0.3, 0.4) is 0 Å². The second kappa shape index (κ2) is 5.23. The molecule has 92 valence electrons. The predicted octanol–water partition coefficient (Wildman–Crippen LogP) is 3.22. The Morgan fingerprint density at radius 3 is 2.61 bits per heavy atom. The second-order valence-corrected chi connectivity index (χ2v) is 5.55. The summed E-state index contributed by atoms with van der Waals surface area (Å²) in [6, 6.07) is 5.21. The van der Waals surface area contributed by atoms with E-state index in [4.69, 9.17) is 0 Å². The van der Waals surface area contributed by atoms with Gasteiger partial charge in [0, 0.05) is 33.3 Å². The minimum Gasteiger partial charge on any atom is -0.294 e. The lowest BCUT2D eigenvalue weighted by atomic mass is 10.0. The molecule has 2 heterocycles. The molecule has 0 N–H and O–H groups in total. The van der Waals surface area contributed by atoms with E-state index in [2.05, 4.69) is 4.98 Å². The summed E-state index contributed by atoms with van der Waals surface area (Å²) in [6.45, 7) is 3.86. The van der Waals surface area contributed by atoms with Crippen molar-refractivity contribution in [2.75, 3.05) is 0 Å². The number of hydrogen-bond donors (Lipinski definition) is 0. The molecule has 2 aromatic rings. The quantitative estimate of drug-likeness (QED) is 0.625. The fourth-order valence-electron chi connectivity index (χ4n) is 1.78. The maximum atomic E-state index is 12.0. The molecular formula is C14H13NO2S. The molecule has 0 aliphatic rings. The van der Waals surface area contributed by atoms with Crippen LogP contribution in [-0.2, 0) is 0 Å². The zero-order valence-electron chi connectivity index (χ0n) is 10.3. The molecule has 3 nitrogen and oxygen atoms in total. The van der Waals surface area contributed by atoms with Crippen molar-refractivity contribution in [1.82, 2.24) is 4.98 Å². The molecule has 18 heavy (non-hydrogen) atoms. The van der Waals surface area contributed by atoms with Crippen molar-refractivity contribution in [3.05, 3.63) is 51.5 Å². The van der Waals surface area contributed by atoms with Crippen molar-refractivity contribution in [3.8, 4) is 0 Å². The number of hydrogen-bond acceptors (Lipinski definition) is 4. The normalized spacial score (nSPS) is 10.3. The summed E-state index contributed by atoms with van der Waals surface area (Å²) in [5.74, 6) is -0.304. The van der Waals surface area contributed by atoms with Gasteiger partial charge in [0.2, 0.25) is 0 Å². The Balaban J connectivity index is 2.13. The average Bonchev–Trinajstić information content (AvgIpc) is 2.69. The predicted molar refractivity (Wildman–Crippen MR) is 71.3 cm³/mol. The van der Waals surface area contributed by atoms with Crippen LogP contribution < -0.4 is 0 Å². The van der Waals surface area contributed by atoms with Crippen molar-refractivity contribution in [2.45, 2.75) is 20.3 Å². The average molecular weight is 259 g/mol. The molecule has 0 bridgehead atoms. The number of aromatic nitrogens is 1. The first-order valence-corrected chi connectivity index (χ1v) is 6.43. The lowest BCUT2D eigenvalue weighted by Gasteiger charge is -2.00. The van der Waals surface area contributed by atoms with E-state index in [1.807, 2.05) is 19.9 Å². The van der Waals surface area contributed by atoms with E-state index in [0.717, 1.165) is 9.75 Å². The van der Waals surface area contributed by atoms with Gasteiger partial charge in [-0.05, 0) is 32.0 Å². The van der Waals surface area contributed by atoms with Gasteiger partial charge in [0.25, 0.3) is 0 Å². The summed E-state index contributed by atoms with van der Waals surface area (Å²) in [4.78, 5) is 29.9. The Kier molecular flexibility index (Phi) is 3.67. The van der Waals surface area contributed by atoms with E-state index >= 15 is 0 Å². The van der Waals surface area contributed by atoms with Gasteiger partial charge in [-0.1, -0.05) is 0 Å². The molecule has 0 fully saturated rings. The summed E-state index contributed by atoms with van der Waals surface area (Å²) in [5, 5.41) is 0. The Morgan fingerprint density at radius 2 is 2.06 bits per heavy atom. The van der Waals surface area contributed by atoms with E-state index in [1.54, 1.807) is 29.7 Å². The van der Waals surface area contributed by atoms with Crippen LogP contribution in [-0.4, -0.2) is 16.6 Å². The molecule has 0 aliphatic carbocycles. The number of carbonyl (C=O) groups is 2. The molecule has 2 rings (SSSR count). The third-order valence-electron chi connectivity index (χ3n) is 2.65. The maximum Gasteiger partial charge on any atom is 0.172 e. The molecule has 0 aromatic carbocycles. The van der Waals surface area contributed by atoms with Gasteiger partial charge in [-0.2, -0.15) is 0 Å². The van der Waals surface area contributed by atoms with Gasteiger partial charge in [0.05, 0.1) is 6.42 Å². The number of Topliss-reactive ketones (excluding diaryl/α,β-unsaturated/α-hetero) is 2. The summed E-state index contributed by atoms with van der Waals surface area (Å²) in [7, 11) is 0. The molecule has 0 atom stereocenters. The topological polar surface area (TPSA) is 47.0 Å². The van der Waals surface area contributed by atoms with Crippen molar-refractivity contribution < 1.29 is 9.59 Å². The first-order valence-electron chi connectivity index (χ1n) is 5.61. The summed E-state index contributed by atoms with van der Waals surface area (Å²) < 4.78 is 0. The van der Waals surface area contributed by atoms with E-state index in [-0.39, 0.29) is 18.0 Å². The summed E-state index contributed by atoms with van der Waals surface area (Å²) >= 11 is 1.58. The minimum atomic E-state index is -0.184. The van der Waals surface area contributed by atoms with E-state index < -0.39 is 0 Å². The lowest BCUT2D eigenvalue weighted by Crippen LogP contribution is -2.08. The molecule has 0 unspecified atom stereocenters. The molecule has 0 saturated heterocycles. The number of pyridine rings is 1. The van der Waals surface area contributed by atoms with Crippen molar-refractivity contribution in [1.29, 1.82) is 0 Å². The highest BCUT2D eigenvalue weighted by Crippen LogP contribution is 2.22. The third-order valence-corrected chi connectivity index (χ3v) is 3.61. The zero-order valence-corrected chi connectivity index (χ0v) is 11.1. The lowest BCUT2D eigenvalue weighted by molar-refractivity contribution is 0.0894. The smallest absolute Gasteiger partial charge is 0.172 e. The second-order valence-electron chi connectivity index (χ2n) is 4.09. The Hall–Kier alpha value is -1.81. The monoisotopic (exact) mass is 259 g/mol. The van der Waals surface area contributed by atoms with Gasteiger partial charge < -0.3 is 0 Å². The van der Waals surface area contributed by atoms with Gasteiger partial charge in [0.15, 0.2) is 11.6 Å². The molecule has 0 spiro atoms. The van der Waals surface area contributed by atoms with Gasteiger partial charge in [0.1, 0.15) is 0 Å². The third kappa shape index (κ3) is 2.71. The summed E-state index contributed by atoms with van der Waals surface area (Å²) in [6.07, 6.45) is 3.00. The molecule has 2 aromatic heterocycles.